The van der Waals surface area contributed by atoms with Gasteiger partial charge in [0.05, 0.1) is 6.61 Å². The van der Waals surface area contributed by atoms with Gasteiger partial charge in [0.25, 0.3) is 0 Å². The topological polar surface area (TPSA) is 49.2 Å². The number of anilines is 1. The first-order valence-corrected chi connectivity index (χ1v) is 5.86. The molecule has 0 aliphatic carbocycles. The average Bonchev–Trinajstić information content (AvgIpc) is 2.29. The lowest BCUT2D eigenvalue weighted by Crippen LogP contribution is -2.29. The van der Waals surface area contributed by atoms with Gasteiger partial charge in [0, 0.05) is 25.5 Å². The number of aromatic nitrogens is 2. The van der Waals surface area contributed by atoms with E-state index >= 15 is 0 Å². The smallest absolute Gasteiger partial charge is 0.225 e. The van der Waals surface area contributed by atoms with Gasteiger partial charge in [0.15, 0.2) is 0 Å². The Hall–Kier alpha value is -1.16. The zero-order valence-electron chi connectivity index (χ0n) is 10.3. The second-order valence-corrected chi connectivity index (χ2v) is 4.18. The van der Waals surface area contributed by atoms with Gasteiger partial charge in [-0.05, 0) is 17.9 Å². The van der Waals surface area contributed by atoms with E-state index in [1.54, 1.807) is 0 Å². The molecule has 0 spiro atoms. The molecule has 0 saturated heterocycles. The highest BCUT2D eigenvalue weighted by Gasteiger charge is 2.08. The maximum atomic E-state index is 8.97. The van der Waals surface area contributed by atoms with Crippen molar-refractivity contribution in [2.24, 2.45) is 0 Å². The van der Waals surface area contributed by atoms with Crippen LogP contribution in [0, 0.1) is 0 Å². The molecule has 0 amide bonds. The van der Waals surface area contributed by atoms with Crippen molar-refractivity contribution in [2.75, 3.05) is 24.6 Å². The second-order valence-electron chi connectivity index (χ2n) is 4.18. The molecule has 0 aromatic carbocycles. The third kappa shape index (κ3) is 3.45. The predicted octanol–water partition coefficient (Wildman–Crippen LogP) is 1.81. The van der Waals surface area contributed by atoms with Crippen LogP contribution in [-0.2, 0) is 0 Å². The van der Waals surface area contributed by atoms with Gasteiger partial charge in [-0.15, -0.1) is 0 Å². The van der Waals surface area contributed by atoms with Gasteiger partial charge in [-0.2, -0.15) is 0 Å². The Morgan fingerprint density at radius 3 is 2.31 bits per heavy atom. The van der Waals surface area contributed by atoms with Gasteiger partial charge >= 0.3 is 0 Å². The molecule has 0 fully saturated rings. The molecule has 0 saturated carbocycles. The predicted molar refractivity (Wildman–Crippen MR) is 65.7 cm³/mol. The fraction of sp³-hybridized carbons (Fsp3) is 0.667. The lowest BCUT2D eigenvalue weighted by molar-refractivity contribution is 0.301. The van der Waals surface area contributed by atoms with Gasteiger partial charge in [-0.3, -0.25) is 0 Å². The highest BCUT2D eigenvalue weighted by atomic mass is 16.3. The summed E-state index contributed by atoms with van der Waals surface area (Å²) in [7, 11) is 0. The van der Waals surface area contributed by atoms with Crippen LogP contribution in [0.4, 0.5) is 5.95 Å². The van der Waals surface area contributed by atoms with Crippen LogP contribution in [0.5, 0.6) is 0 Å². The number of hydrogen-bond acceptors (Lipinski definition) is 4. The molecular weight excluding hydrogens is 202 g/mol. The van der Waals surface area contributed by atoms with Crippen molar-refractivity contribution in [1.29, 1.82) is 0 Å². The fourth-order valence-electron chi connectivity index (χ4n) is 1.50. The lowest BCUT2D eigenvalue weighted by Gasteiger charge is -2.20. The molecule has 1 aromatic heterocycles. The normalized spacial score (nSPS) is 10.8. The number of aliphatic hydroxyl groups is 1. The van der Waals surface area contributed by atoms with E-state index in [0.717, 1.165) is 18.5 Å². The molecule has 1 aromatic rings. The summed E-state index contributed by atoms with van der Waals surface area (Å²) in [6, 6.07) is 0. The lowest BCUT2D eigenvalue weighted by atomic mass is 10.1. The molecule has 0 atom stereocenters. The van der Waals surface area contributed by atoms with Crippen molar-refractivity contribution >= 4 is 5.95 Å². The average molecular weight is 223 g/mol. The molecule has 90 valence electrons. The first-order valence-electron chi connectivity index (χ1n) is 5.86. The van der Waals surface area contributed by atoms with Crippen LogP contribution in [0.25, 0.3) is 0 Å². The molecule has 0 aliphatic rings. The SMILES string of the molecule is CCCN(CCO)c1ncc(C(C)C)cn1. The molecule has 0 aliphatic heterocycles. The Balaban J connectivity index is 2.76. The number of aliphatic hydroxyl groups excluding tert-OH is 1. The Morgan fingerprint density at radius 1 is 1.25 bits per heavy atom. The van der Waals surface area contributed by atoms with Gasteiger partial charge < -0.3 is 10.0 Å². The Bertz CT molecular complexity index is 292. The fourth-order valence-corrected chi connectivity index (χ4v) is 1.50. The Kier molecular flexibility index (Phi) is 5.19. The Labute approximate surface area is 97.3 Å². The summed E-state index contributed by atoms with van der Waals surface area (Å²) < 4.78 is 0. The van der Waals surface area contributed by atoms with Crippen LogP contribution in [0.1, 0.15) is 38.7 Å². The monoisotopic (exact) mass is 223 g/mol. The highest BCUT2D eigenvalue weighted by molar-refractivity contribution is 5.30. The minimum atomic E-state index is 0.134. The maximum absolute atomic E-state index is 8.97. The standard InChI is InChI=1S/C12H21N3O/c1-4-5-15(6-7-16)12-13-8-11(9-14-12)10(2)3/h8-10,16H,4-7H2,1-3H3. The van der Waals surface area contributed by atoms with Crippen LogP contribution in [0.2, 0.25) is 0 Å². The minimum Gasteiger partial charge on any atom is -0.395 e. The summed E-state index contributed by atoms with van der Waals surface area (Å²) in [5, 5.41) is 8.97. The summed E-state index contributed by atoms with van der Waals surface area (Å²) in [6.07, 6.45) is 4.76. The van der Waals surface area contributed by atoms with E-state index in [9.17, 15) is 0 Å². The van der Waals surface area contributed by atoms with Crippen molar-refractivity contribution < 1.29 is 5.11 Å². The third-order valence-electron chi connectivity index (χ3n) is 2.47. The van der Waals surface area contributed by atoms with Gasteiger partial charge in [0.1, 0.15) is 0 Å². The molecule has 1 heterocycles. The summed E-state index contributed by atoms with van der Waals surface area (Å²) >= 11 is 0. The quantitative estimate of drug-likeness (QED) is 0.799. The van der Waals surface area contributed by atoms with E-state index in [1.807, 2.05) is 17.3 Å². The minimum absolute atomic E-state index is 0.134. The van der Waals surface area contributed by atoms with E-state index < -0.39 is 0 Å². The van der Waals surface area contributed by atoms with Crippen molar-refractivity contribution in [3.05, 3.63) is 18.0 Å². The van der Waals surface area contributed by atoms with E-state index in [4.69, 9.17) is 5.11 Å². The van der Waals surface area contributed by atoms with Crippen LogP contribution in [0.15, 0.2) is 12.4 Å². The Morgan fingerprint density at radius 2 is 1.88 bits per heavy atom. The molecule has 4 heteroatoms. The second kappa shape index (κ2) is 6.43. The highest BCUT2D eigenvalue weighted by Crippen LogP contribution is 2.14. The van der Waals surface area contributed by atoms with Gasteiger partial charge in [0.2, 0.25) is 5.95 Å². The summed E-state index contributed by atoms with van der Waals surface area (Å²) in [5.41, 5.74) is 1.14. The van der Waals surface area contributed by atoms with Crippen LogP contribution in [-0.4, -0.2) is 34.8 Å². The number of nitrogens with zero attached hydrogens (tertiary/aromatic N) is 3. The number of rotatable bonds is 6. The maximum Gasteiger partial charge on any atom is 0.225 e. The van der Waals surface area contributed by atoms with Crippen molar-refractivity contribution in [3.8, 4) is 0 Å². The number of hydrogen-bond donors (Lipinski definition) is 1. The molecule has 0 unspecified atom stereocenters. The summed E-state index contributed by atoms with van der Waals surface area (Å²) in [6.45, 7) is 7.95. The zero-order valence-corrected chi connectivity index (χ0v) is 10.3. The van der Waals surface area contributed by atoms with Crippen LogP contribution >= 0.6 is 0 Å². The van der Waals surface area contributed by atoms with Crippen molar-refractivity contribution in [3.63, 3.8) is 0 Å². The molecule has 16 heavy (non-hydrogen) atoms. The first-order chi connectivity index (χ1) is 7.69. The van der Waals surface area contributed by atoms with E-state index in [2.05, 4.69) is 30.7 Å². The van der Waals surface area contributed by atoms with Crippen LogP contribution < -0.4 is 4.90 Å². The summed E-state index contributed by atoms with van der Waals surface area (Å²) in [4.78, 5) is 10.7. The molecule has 4 nitrogen and oxygen atoms in total. The van der Waals surface area contributed by atoms with Crippen molar-refractivity contribution in [2.45, 2.75) is 33.1 Å². The largest absolute Gasteiger partial charge is 0.395 e. The molecule has 0 radical (unpaired) electrons. The molecule has 1 rings (SSSR count). The van der Waals surface area contributed by atoms with Crippen LogP contribution in [0.3, 0.4) is 0 Å². The third-order valence-corrected chi connectivity index (χ3v) is 2.47. The van der Waals surface area contributed by atoms with Crippen molar-refractivity contribution in [1.82, 2.24) is 9.97 Å². The van der Waals surface area contributed by atoms with E-state index in [0.29, 0.717) is 18.4 Å². The first kappa shape index (κ1) is 12.9. The van der Waals surface area contributed by atoms with E-state index in [1.165, 1.54) is 0 Å². The van der Waals surface area contributed by atoms with Gasteiger partial charge in [-0.1, -0.05) is 20.8 Å². The molecule has 0 bridgehead atoms. The zero-order chi connectivity index (χ0) is 12.0. The molecule has 1 N–H and O–H groups in total. The molecular formula is C12H21N3O. The van der Waals surface area contributed by atoms with Gasteiger partial charge in [-0.25, -0.2) is 9.97 Å². The summed E-state index contributed by atoms with van der Waals surface area (Å²) in [5.74, 6) is 1.16. The van der Waals surface area contributed by atoms with E-state index in [-0.39, 0.29) is 6.61 Å².